The number of hydrogen-bond acceptors (Lipinski definition) is 3. The van der Waals surface area contributed by atoms with Crippen LogP contribution < -0.4 is 4.74 Å². The highest BCUT2D eigenvalue weighted by molar-refractivity contribution is 5.70. The quantitative estimate of drug-likeness (QED) is 0.929. The van der Waals surface area contributed by atoms with Crippen molar-refractivity contribution in [3.63, 3.8) is 0 Å². The molecule has 5 nitrogen and oxygen atoms in total. The smallest absolute Gasteiger partial charge is 0.306 e. The molecule has 20 heavy (non-hydrogen) atoms. The van der Waals surface area contributed by atoms with Gasteiger partial charge in [-0.05, 0) is 49.1 Å². The van der Waals surface area contributed by atoms with E-state index in [-0.39, 0.29) is 5.92 Å². The average molecular weight is 272 g/mol. The van der Waals surface area contributed by atoms with Gasteiger partial charge in [-0.3, -0.25) is 4.79 Å². The lowest BCUT2D eigenvalue weighted by Crippen LogP contribution is -2.21. The van der Waals surface area contributed by atoms with Crippen LogP contribution in [0.5, 0.6) is 5.75 Å². The maximum Gasteiger partial charge on any atom is 0.306 e. The fraction of sp³-hybridized carbons (Fsp3) is 0.333. The van der Waals surface area contributed by atoms with Crippen molar-refractivity contribution in [3.8, 4) is 11.4 Å². The summed E-state index contributed by atoms with van der Waals surface area (Å²) in [4.78, 5) is 11.1. The second-order valence-corrected chi connectivity index (χ2v) is 5.02. The first-order valence-electron chi connectivity index (χ1n) is 6.62. The number of aryl methyl sites for hydroxylation is 1. The number of hydrogen-bond donors (Lipinski definition) is 1. The van der Waals surface area contributed by atoms with E-state index in [4.69, 9.17) is 9.84 Å². The molecule has 0 aliphatic heterocycles. The number of aliphatic carboxylic acids is 1. The van der Waals surface area contributed by atoms with E-state index in [2.05, 4.69) is 5.10 Å². The lowest BCUT2D eigenvalue weighted by atomic mass is 9.88. The molecular formula is C15H16N2O3. The summed E-state index contributed by atoms with van der Waals surface area (Å²) in [6.07, 6.45) is 3.91. The van der Waals surface area contributed by atoms with E-state index in [0.29, 0.717) is 12.8 Å². The fourth-order valence-corrected chi connectivity index (χ4v) is 2.58. The first-order valence-corrected chi connectivity index (χ1v) is 6.62. The van der Waals surface area contributed by atoms with Crippen LogP contribution in [0.3, 0.4) is 0 Å². The molecule has 2 aromatic rings. The van der Waals surface area contributed by atoms with Gasteiger partial charge in [-0.2, -0.15) is 5.10 Å². The monoisotopic (exact) mass is 272 g/mol. The van der Waals surface area contributed by atoms with E-state index >= 15 is 0 Å². The van der Waals surface area contributed by atoms with Gasteiger partial charge in [0, 0.05) is 6.20 Å². The molecule has 1 aromatic heterocycles. The molecular weight excluding hydrogens is 256 g/mol. The van der Waals surface area contributed by atoms with Gasteiger partial charge in [0.25, 0.3) is 0 Å². The highest BCUT2D eigenvalue weighted by Crippen LogP contribution is 2.26. The molecule has 104 valence electrons. The molecule has 0 fully saturated rings. The summed E-state index contributed by atoms with van der Waals surface area (Å²) in [6.45, 7) is 0. The summed E-state index contributed by atoms with van der Waals surface area (Å²) in [5.74, 6) is -0.194. The van der Waals surface area contributed by atoms with Crippen LogP contribution in [0.25, 0.3) is 5.69 Å². The van der Waals surface area contributed by atoms with Gasteiger partial charge in [0.1, 0.15) is 5.75 Å². The molecule has 0 unspecified atom stereocenters. The second kappa shape index (κ2) is 5.00. The first kappa shape index (κ1) is 12.7. The Labute approximate surface area is 116 Å². The van der Waals surface area contributed by atoms with E-state index in [0.717, 1.165) is 29.1 Å². The zero-order valence-corrected chi connectivity index (χ0v) is 11.2. The predicted octanol–water partition coefficient (Wildman–Crippen LogP) is 2.07. The summed E-state index contributed by atoms with van der Waals surface area (Å²) in [6, 6.07) is 7.64. The molecule has 0 saturated heterocycles. The maximum atomic E-state index is 11.1. The molecule has 1 aliphatic rings. The molecule has 0 radical (unpaired) electrons. The molecule has 1 aromatic carbocycles. The molecule has 1 N–H and O–H groups in total. The summed E-state index contributed by atoms with van der Waals surface area (Å²) < 4.78 is 6.95. The van der Waals surface area contributed by atoms with E-state index in [1.807, 2.05) is 35.1 Å². The SMILES string of the molecule is COc1ccc(-n2cc3c(n2)CC[C@@H](C(=O)O)C3)cc1. The molecule has 3 rings (SSSR count). The van der Waals surface area contributed by atoms with Crippen molar-refractivity contribution in [3.05, 3.63) is 41.7 Å². The van der Waals surface area contributed by atoms with Gasteiger partial charge in [0.05, 0.1) is 24.4 Å². The standard InChI is InChI=1S/C15H16N2O3/c1-20-13-5-3-12(4-6-13)17-9-11-8-10(15(18)19)2-7-14(11)16-17/h3-6,9-10H,2,7-8H2,1H3,(H,18,19)/t10-/m1/s1. The lowest BCUT2D eigenvalue weighted by Gasteiger charge is -2.16. The van der Waals surface area contributed by atoms with Crippen molar-refractivity contribution in [2.24, 2.45) is 5.92 Å². The highest BCUT2D eigenvalue weighted by Gasteiger charge is 2.26. The third-order valence-electron chi connectivity index (χ3n) is 3.76. The van der Waals surface area contributed by atoms with Crippen LogP contribution >= 0.6 is 0 Å². The van der Waals surface area contributed by atoms with Crippen molar-refractivity contribution in [1.82, 2.24) is 9.78 Å². The number of carboxylic acids is 1. The van der Waals surface area contributed by atoms with Gasteiger partial charge in [0.2, 0.25) is 0 Å². The van der Waals surface area contributed by atoms with Crippen LogP contribution in [0.1, 0.15) is 17.7 Å². The first-order chi connectivity index (χ1) is 9.67. The second-order valence-electron chi connectivity index (χ2n) is 5.02. The van der Waals surface area contributed by atoms with Crippen LogP contribution in [0, 0.1) is 5.92 Å². The number of ether oxygens (including phenoxy) is 1. The molecule has 0 saturated carbocycles. The molecule has 0 bridgehead atoms. The summed E-state index contributed by atoms with van der Waals surface area (Å²) in [7, 11) is 1.63. The van der Waals surface area contributed by atoms with Crippen LogP contribution in [0.15, 0.2) is 30.5 Å². The Bertz CT molecular complexity index is 631. The van der Waals surface area contributed by atoms with E-state index < -0.39 is 5.97 Å². The highest BCUT2D eigenvalue weighted by atomic mass is 16.5. The van der Waals surface area contributed by atoms with E-state index in [9.17, 15) is 4.79 Å². The van der Waals surface area contributed by atoms with E-state index in [1.54, 1.807) is 7.11 Å². The summed E-state index contributed by atoms with van der Waals surface area (Å²) in [5, 5.41) is 13.7. The Morgan fingerprint density at radius 2 is 2.15 bits per heavy atom. The number of rotatable bonds is 3. The predicted molar refractivity (Wildman–Crippen MR) is 73.3 cm³/mol. The Balaban J connectivity index is 1.87. The number of carbonyl (C=O) groups is 1. The minimum Gasteiger partial charge on any atom is -0.497 e. The topological polar surface area (TPSA) is 64.4 Å². The minimum absolute atomic E-state index is 0.281. The maximum absolute atomic E-state index is 11.1. The van der Waals surface area contributed by atoms with Gasteiger partial charge >= 0.3 is 5.97 Å². The average Bonchev–Trinajstić information content (AvgIpc) is 2.90. The Hall–Kier alpha value is -2.30. The molecule has 5 heteroatoms. The fourth-order valence-electron chi connectivity index (χ4n) is 2.58. The number of benzene rings is 1. The third kappa shape index (κ3) is 2.27. The molecule has 0 amide bonds. The minimum atomic E-state index is -0.715. The van der Waals surface area contributed by atoms with Crippen molar-refractivity contribution in [1.29, 1.82) is 0 Å². The van der Waals surface area contributed by atoms with Crippen molar-refractivity contribution in [2.75, 3.05) is 7.11 Å². The van der Waals surface area contributed by atoms with Crippen LogP contribution in [-0.2, 0) is 17.6 Å². The summed E-state index contributed by atoms with van der Waals surface area (Å²) >= 11 is 0. The van der Waals surface area contributed by atoms with Crippen molar-refractivity contribution in [2.45, 2.75) is 19.3 Å². The van der Waals surface area contributed by atoms with E-state index in [1.165, 1.54) is 0 Å². The summed E-state index contributed by atoms with van der Waals surface area (Å²) in [5.41, 5.74) is 3.00. The zero-order chi connectivity index (χ0) is 14.1. The normalized spacial score (nSPS) is 17.6. The van der Waals surface area contributed by atoms with Crippen LogP contribution in [0.4, 0.5) is 0 Å². The van der Waals surface area contributed by atoms with Crippen molar-refractivity contribution < 1.29 is 14.6 Å². The largest absolute Gasteiger partial charge is 0.497 e. The molecule has 1 aliphatic carbocycles. The van der Waals surface area contributed by atoms with Gasteiger partial charge in [0.15, 0.2) is 0 Å². The van der Waals surface area contributed by atoms with Crippen LogP contribution in [0.2, 0.25) is 0 Å². The number of nitrogens with zero attached hydrogens (tertiary/aromatic N) is 2. The lowest BCUT2D eigenvalue weighted by molar-refractivity contribution is -0.142. The number of carboxylic acid groups (broad SMARTS) is 1. The molecule has 0 spiro atoms. The van der Waals surface area contributed by atoms with Crippen molar-refractivity contribution >= 4 is 5.97 Å². The number of methoxy groups -OCH3 is 1. The molecule has 1 heterocycles. The van der Waals surface area contributed by atoms with Gasteiger partial charge in [-0.1, -0.05) is 0 Å². The Morgan fingerprint density at radius 3 is 2.80 bits per heavy atom. The van der Waals surface area contributed by atoms with Gasteiger partial charge in [-0.25, -0.2) is 4.68 Å². The zero-order valence-electron chi connectivity index (χ0n) is 11.2. The third-order valence-corrected chi connectivity index (χ3v) is 3.76. The van der Waals surface area contributed by atoms with Gasteiger partial charge < -0.3 is 9.84 Å². The van der Waals surface area contributed by atoms with Crippen LogP contribution in [-0.4, -0.2) is 28.0 Å². The number of aromatic nitrogens is 2. The Morgan fingerprint density at radius 1 is 1.40 bits per heavy atom. The Kier molecular flexibility index (Phi) is 3.18. The van der Waals surface area contributed by atoms with Gasteiger partial charge in [-0.15, -0.1) is 0 Å². The molecule has 1 atom stereocenters. The number of fused-ring (bicyclic) bond motifs is 1.